The van der Waals surface area contributed by atoms with Crippen molar-refractivity contribution in [1.82, 2.24) is 5.32 Å². The van der Waals surface area contributed by atoms with Gasteiger partial charge < -0.3 is 10.1 Å². The van der Waals surface area contributed by atoms with E-state index in [1.807, 2.05) is 12.1 Å². The average molecular weight is 309 g/mol. The minimum atomic E-state index is 0.671. The molecule has 0 spiro atoms. The normalized spacial score (nSPS) is 21.1. The van der Waals surface area contributed by atoms with Crippen LogP contribution in [0.3, 0.4) is 0 Å². The lowest BCUT2D eigenvalue weighted by molar-refractivity contribution is 0.343. The first-order valence-electron chi connectivity index (χ1n) is 8.77. The Morgan fingerprint density at radius 2 is 1.61 bits per heavy atom. The second-order valence-corrected chi connectivity index (χ2v) is 6.48. The Bertz CT molecular complexity index is 588. The number of benzene rings is 2. The second-order valence-electron chi connectivity index (χ2n) is 6.48. The number of hydrogen-bond acceptors (Lipinski definition) is 2. The van der Waals surface area contributed by atoms with Crippen molar-refractivity contribution in [3.8, 4) is 5.75 Å². The van der Waals surface area contributed by atoms with E-state index in [4.69, 9.17) is 4.74 Å². The molecule has 2 aromatic carbocycles. The Morgan fingerprint density at radius 1 is 0.913 bits per heavy atom. The third-order valence-electron chi connectivity index (χ3n) is 5.02. The molecule has 0 saturated heterocycles. The Morgan fingerprint density at radius 3 is 2.35 bits per heavy atom. The van der Waals surface area contributed by atoms with Gasteiger partial charge in [0.1, 0.15) is 5.75 Å². The third kappa shape index (κ3) is 4.35. The van der Waals surface area contributed by atoms with Crippen molar-refractivity contribution < 1.29 is 4.74 Å². The van der Waals surface area contributed by atoms with Crippen LogP contribution in [0.5, 0.6) is 5.75 Å². The molecule has 0 aliphatic heterocycles. The van der Waals surface area contributed by atoms with Gasteiger partial charge in [-0.25, -0.2) is 0 Å². The van der Waals surface area contributed by atoms with Gasteiger partial charge in [0.05, 0.1) is 7.11 Å². The molecule has 0 radical (unpaired) electrons. The third-order valence-corrected chi connectivity index (χ3v) is 5.02. The molecule has 1 saturated carbocycles. The predicted molar refractivity (Wildman–Crippen MR) is 96.1 cm³/mol. The van der Waals surface area contributed by atoms with Gasteiger partial charge in [0.2, 0.25) is 0 Å². The molecule has 1 aliphatic rings. The first-order chi connectivity index (χ1) is 11.4. The van der Waals surface area contributed by atoms with E-state index in [1.165, 1.54) is 36.8 Å². The maximum Gasteiger partial charge on any atom is 0.122 e. The van der Waals surface area contributed by atoms with Crippen LogP contribution in [0, 0.1) is 0 Å². The molecular formula is C21H27NO. The Hall–Kier alpha value is -1.80. The van der Waals surface area contributed by atoms with E-state index in [2.05, 4.69) is 47.8 Å². The summed E-state index contributed by atoms with van der Waals surface area (Å²) in [6.07, 6.45) is 6.20. The minimum absolute atomic E-state index is 0.671. The van der Waals surface area contributed by atoms with Crippen molar-refractivity contribution in [3.63, 3.8) is 0 Å². The van der Waals surface area contributed by atoms with Crippen LogP contribution in [-0.2, 0) is 6.42 Å². The van der Waals surface area contributed by atoms with Gasteiger partial charge in [-0.1, -0.05) is 48.5 Å². The average Bonchev–Trinajstić information content (AvgIpc) is 2.63. The zero-order valence-electron chi connectivity index (χ0n) is 14.0. The maximum atomic E-state index is 5.42. The lowest BCUT2D eigenvalue weighted by atomic mass is 9.82. The summed E-state index contributed by atoms with van der Waals surface area (Å²) in [4.78, 5) is 0. The van der Waals surface area contributed by atoms with E-state index in [0.29, 0.717) is 6.04 Å². The monoisotopic (exact) mass is 309 g/mol. The largest absolute Gasteiger partial charge is 0.496 e. The molecule has 122 valence electrons. The van der Waals surface area contributed by atoms with E-state index in [9.17, 15) is 0 Å². The molecule has 0 bridgehead atoms. The van der Waals surface area contributed by atoms with Crippen molar-refractivity contribution in [2.75, 3.05) is 13.7 Å². The summed E-state index contributed by atoms with van der Waals surface area (Å²) in [6.45, 7) is 1.03. The highest BCUT2D eigenvalue weighted by Gasteiger charge is 2.21. The molecule has 1 N–H and O–H groups in total. The van der Waals surface area contributed by atoms with Crippen LogP contribution in [0.1, 0.15) is 42.7 Å². The van der Waals surface area contributed by atoms with Gasteiger partial charge in [-0.05, 0) is 61.8 Å². The highest BCUT2D eigenvalue weighted by atomic mass is 16.5. The molecule has 1 aliphatic carbocycles. The molecule has 0 amide bonds. The number of methoxy groups -OCH3 is 1. The van der Waals surface area contributed by atoms with Crippen molar-refractivity contribution in [3.05, 3.63) is 65.7 Å². The molecule has 1 fully saturated rings. The lowest BCUT2D eigenvalue weighted by Gasteiger charge is -2.29. The zero-order chi connectivity index (χ0) is 15.9. The van der Waals surface area contributed by atoms with E-state index in [1.54, 1.807) is 7.11 Å². The van der Waals surface area contributed by atoms with Gasteiger partial charge in [0.25, 0.3) is 0 Å². The number of rotatable bonds is 6. The number of nitrogens with one attached hydrogen (secondary N) is 1. The van der Waals surface area contributed by atoms with Crippen LogP contribution >= 0.6 is 0 Å². The van der Waals surface area contributed by atoms with Crippen LogP contribution in [0.2, 0.25) is 0 Å². The van der Waals surface area contributed by atoms with Crippen LogP contribution in [0.4, 0.5) is 0 Å². The second kappa shape index (κ2) is 8.16. The van der Waals surface area contributed by atoms with Crippen molar-refractivity contribution in [2.45, 2.75) is 44.1 Å². The van der Waals surface area contributed by atoms with Gasteiger partial charge in [-0.2, -0.15) is 0 Å². The SMILES string of the molecule is COc1ccccc1CCNC1CCC(c2ccccc2)CC1. The quantitative estimate of drug-likeness (QED) is 0.845. The fourth-order valence-corrected chi connectivity index (χ4v) is 3.68. The Balaban J connectivity index is 1.43. The first-order valence-corrected chi connectivity index (χ1v) is 8.77. The predicted octanol–water partition coefficient (Wildman–Crippen LogP) is 4.55. The first kappa shape index (κ1) is 16.1. The van der Waals surface area contributed by atoms with Gasteiger partial charge in [-0.3, -0.25) is 0 Å². The summed E-state index contributed by atoms with van der Waals surface area (Å²) in [5.41, 5.74) is 2.81. The van der Waals surface area contributed by atoms with Gasteiger partial charge in [0.15, 0.2) is 0 Å². The fourth-order valence-electron chi connectivity index (χ4n) is 3.68. The zero-order valence-corrected chi connectivity index (χ0v) is 14.0. The minimum Gasteiger partial charge on any atom is -0.496 e. The number of ether oxygens (including phenoxy) is 1. The molecule has 2 nitrogen and oxygen atoms in total. The summed E-state index contributed by atoms with van der Waals surface area (Å²) in [5, 5.41) is 3.74. The van der Waals surface area contributed by atoms with E-state index >= 15 is 0 Å². The molecule has 3 rings (SSSR count). The van der Waals surface area contributed by atoms with Crippen LogP contribution in [0.15, 0.2) is 54.6 Å². The van der Waals surface area contributed by atoms with Gasteiger partial charge >= 0.3 is 0 Å². The van der Waals surface area contributed by atoms with Crippen LogP contribution in [-0.4, -0.2) is 19.7 Å². The van der Waals surface area contributed by atoms with E-state index in [-0.39, 0.29) is 0 Å². The van der Waals surface area contributed by atoms with Crippen molar-refractivity contribution in [2.24, 2.45) is 0 Å². The fraction of sp³-hybridized carbons (Fsp3) is 0.429. The molecule has 0 atom stereocenters. The molecule has 0 aromatic heterocycles. The van der Waals surface area contributed by atoms with Crippen LogP contribution in [0.25, 0.3) is 0 Å². The maximum absolute atomic E-state index is 5.42. The highest BCUT2D eigenvalue weighted by molar-refractivity contribution is 5.33. The lowest BCUT2D eigenvalue weighted by Crippen LogP contribution is -2.34. The molecular weight excluding hydrogens is 282 g/mol. The summed E-state index contributed by atoms with van der Waals surface area (Å²) in [7, 11) is 1.75. The van der Waals surface area contributed by atoms with E-state index in [0.717, 1.165) is 24.6 Å². The molecule has 2 aromatic rings. The van der Waals surface area contributed by atoms with Crippen molar-refractivity contribution >= 4 is 0 Å². The number of para-hydroxylation sites is 1. The molecule has 0 unspecified atom stereocenters. The summed E-state index contributed by atoms with van der Waals surface area (Å²) >= 11 is 0. The highest BCUT2D eigenvalue weighted by Crippen LogP contribution is 2.32. The summed E-state index contributed by atoms with van der Waals surface area (Å²) < 4.78 is 5.42. The van der Waals surface area contributed by atoms with E-state index < -0.39 is 0 Å². The summed E-state index contributed by atoms with van der Waals surface area (Å²) in [5.74, 6) is 1.76. The molecule has 23 heavy (non-hydrogen) atoms. The standard InChI is InChI=1S/C21H27NO/c1-23-21-10-6-5-9-19(21)15-16-22-20-13-11-18(12-14-20)17-7-3-2-4-8-17/h2-10,18,20,22H,11-16H2,1H3. The van der Waals surface area contributed by atoms with Gasteiger partial charge in [0, 0.05) is 6.04 Å². The Labute approximate surface area is 139 Å². The van der Waals surface area contributed by atoms with Crippen LogP contribution < -0.4 is 10.1 Å². The topological polar surface area (TPSA) is 21.3 Å². The molecule has 2 heteroatoms. The number of hydrogen-bond donors (Lipinski definition) is 1. The smallest absolute Gasteiger partial charge is 0.122 e. The summed E-state index contributed by atoms with van der Waals surface area (Å²) in [6, 6.07) is 20.0. The van der Waals surface area contributed by atoms with Crippen molar-refractivity contribution in [1.29, 1.82) is 0 Å². The molecule has 0 heterocycles. The van der Waals surface area contributed by atoms with Gasteiger partial charge in [-0.15, -0.1) is 0 Å². The Kier molecular flexibility index (Phi) is 5.71.